The van der Waals surface area contributed by atoms with E-state index in [2.05, 4.69) is 18.8 Å². The van der Waals surface area contributed by atoms with E-state index in [-0.39, 0.29) is 5.96 Å². The molecule has 3 nitrogen and oxygen atoms in total. The Morgan fingerprint density at radius 3 is 2.33 bits per heavy atom. The molecule has 0 aromatic heterocycles. The lowest BCUT2D eigenvalue weighted by molar-refractivity contribution is 0.829. The predicted molar refractivity (Wildman–Crippen MR) is 39.8 cm³/mol. The van der Waals surface area contributed by atoms with Crippen molar-refractivity contribution < 1.29 is 0 Å². The summed E-state index contributed by atoms with van der Waals surface area (Å²) in [6, 6.07) is 0. The largest absolute Gasteiger partial charge is 0.370 e. The van der Waals surface area contributed by atoms with E-state index in [1.165, 1.54) is 0 Å². The Balaban J connectivity index is 3.60. The Hall–Kier alpha value is -0.990. The summed E-state index contributed by atoms with van der Waals surface area (Å²) < 4.78 is 0. The monoisotopic (exact) mass is 127 g/mol. The summed E-state index contributed by atoms with van der Waals surface area (Å²) in [6.45, 7) is 4.11. The molecular weight excluding hydrogens is 114 g/mol. The minimum absolute atomic E-state index is 0.104. The molecule has 0 spiro atoms. The molecule has 9 heavy (non-hydrogen) atoms. The summed E-state index contributed by atoms with van der Waals surface area (Å²) in [5.41, 5.74) is 10.1. The zero-order valence-electron chi connectivity index (χ0n) is 5.83. The molecule has 0 unspecified atom stereocenters. The highest BCUT2D eigenvalue weighted by Gasteiger charge is 1.80. The van der Waals surface area contributed by atoms with Gasteiger partial charge in [-0.1, -0.05) is 19.9 Å². The fraction of sp³-hybridized carbons (Fsp3) is 0.500. The molecule has 0 aromatic rings. The van der Waals surface area contributed by atoms with Crippen LogP contribution in [0.15, 0.2) is 17.3 Å². The second kappa shape index (κ2) is 3.95. The van der Waals surface area contributed by atoms with E-state index in [0.29, 0.717) is 5.92 Å². The van der Waals surface area contributed by atoms with Crippen LogP contribution in [0.25, 0.3) is 0 Å². The number of hydrogen-bond acceptors (Lipinski definition) is 1. The lowest BCUT2D eigenvalue weighted by Crippen LogP contribution is -2.21. The van der Waals surface area contributed by atoms with Crippen molar-refractivity contribution in [2.24, 2.45) is 22.4 Å². The van der Waals surface area contributed by atoms with E-state index in [9.17, 15) is 0 Å². The first-order valence-electron chi connectivity index (χ1n) is 2.88. The van der Waals surface area contributed by atoms with Crippen molar-refractivity contribution in [2.45, 2.75) is 13.8 Å². The fourth-order valence-electron chi connectivity index (χ4n) is 0.301. The van der Waals surface area contributed by atoms with Gasteiger partial charge in [-0.25, -0.2) is 4.99 Å². The molecule has 0 heterocycles. The Kier molecular flexibility index (Phi) is 3.51. The van der Waals surface area contributed by atoms with Gasteiger partial charge < -0.3 is 11.5 Å². The van der Waals surface area contributed by atoms with Crippen LogP contribution in [0.2, 0.25) is 0 Å². The first-order chi connectivity index (χ1) is 4.13. The van der Waals surface area contributed by atoms with Crippen LogP contribution >= 0.6 is 0 Å². The zero-order chi connectivity index (χ0) is 7.28. The van der Waals surface area contributed by atoms with E-state index in [0.717, 1.165) is 0 Å². The molecule has 4 N–H and O–H groups in total. The maximum atomic E-state index is 5.06. The topological polar surface area (TPSA) is 64.4 Å². The minimum atomic E-state index is 0.104. The Morgan fingerprint density at radius 1 is 1.44 bits per heavy atom. The average Bonchev–Trinajstić information content (AvgIpc) is 1.63. The highest BCUT2D eigenvalue weighted by atomic mass is 15.0. The van der Waals surface area contributed by atoms with Crippen molar-refractivity contribution in [1.82, 2.24) is 0 Å². The molecule has 0 aliphatic rings. The SMILES string of the molecule is CC(C)/C=C/N=C(N)N. The van der Waals surface area contributed by atoms with E-state index in [1.54, 1.807) is 6.20 Å². The summed E-state index contributed by atoms with van der Waals surface area (Å²) in [5, 5.41) is 0. The van der Waals surface area contributed by atoms with Gasteiger partial charge in [-0.2, -0.15) is 0 Å². The molecule has 0 amide bonds. The Morgan fingerprint density at radius 2 is 2.00 bits per heavy atom. The third-order valence-corrected chi connectivity index (χ3v) is 0.695. The van der Waals surface area contributed by atoms with Crippen molar-refractivity contribution >= 4 is 5.96 Å². The highest BCUT2D eigenvalue weighted by Crippen LogP contribution is 1.92. The molecule has 52 valence electrons. The Labute approximate surface area is 55.4 Å². The molecular formula is C6H13N3. The molecule has 0 radical (unpaired) electrons. The van der Waals surface area contributed by atoms with Gasteiger partial charge in [0.2, 0.25) is 0 Å². The number of guanidine groups is 1. The van der Waals surface area contributed by atoms with E-state index < -0.39 is 0 Å². The fourth-order valence-corrected chi connectivity index (χ4v) is 0.301. The summed E-state index contributed by atoms with van der Waals surface area (Å²) >= 11 is 0. The van der Waals surface area contributed by atoms with Crippen LogP contribution in [-0.4, -0.2) is 5.96 Å². The molecule has 0 fully saturated rings. The van der Waals surface area contributed by atoms with Gasteiger partial charge in [0.1, 0.15) is 0 Å². The van der Waals surface area contributed by atoms with Crippen LogP contribution in [0.1, 0.15) is 13.8 Å². The van der Waals surface area contributed by atoms with Crippen LogP contribution in [0.4, 0.5) is 0 Å². The molecule has 0 rings (SSSR count). The number of hydrogen-bond donors (Lipinski definition) is 2. The van der Waals surface area contributed by atoms with Gasteiger partial charge in [-0.15, -0.1) is 0 Å². The lowest BCUT2D eigenvalue weighted by atomic mass is 10.2. The van der Waals surface area contributed by atoms with Crippen molar-refractivity contribution in [3.63, 3.8) is 0 Å². The molecule has 0 bridgehead atoms. The van der Waals surface area contributed by atoms with Gasteiger partial charge in [-0.3, -0.25) is 0 Å². The second-order valence-corrected chi connectivity index (χ2v) is 2.14. The van der Waals surface area contributed by atoms with Gasteiger partial charge in [0.05, 0.1) is 0 Å². The van der Waals surface area contributed by atoms with Crippen molar-refractivity contribution in [3.8, 4) is 0 Å². The molecule has 0 aromatic carbocycles. The molecule has 3 heteroatoms. The number of rotatable bonds is 2. The maximum Gasteiger partial charge on any atom is 0.190 e. The quantitative estimate of drug-likeness (QED) is 0.417. The second-order valence-electron chi connectivity index (χ2n) is 2.14. The van der Waals surface area contributed by atoms with E-state index in [4.69, 9.17) is 11.5 Å². The minimum Gasteiger partial charge on any atom is -0.370 e. The van der Waals surface area contributed by atoms with E-state index in [1.807, 2.05) is 6.08 Å². The number of allylic oxidation sites excluding steroid dienone is 1. The Bertz CT molecular complexity index is 120. The average molecular weight is 127 g/mol. The maximum absolute atomic E-state index is 5.06. The molecule has 0 saturated heterocycles. The lowest BCUT2D eigenvalue weighted by Gasteiger charge is -1.89. The third-order valence-electron chi connectivity index (χ3n) is 0.695. The van der Waals surface area contributed by atoms with Crippen LogP contribution in [-0.2, 0) is 0 Å². The zero-order valence-corrected chi connectivity index (χ0v) is 5.83. The summed E-state index contributed by atoms with van der Waals surface area (Å²) in [4.78, 5) is 3.66. The van der Waals surface area contributed by atoms with Gasteiger partial charge in [0.25, 0.3) is 0 Å². The number of aliphatic imine (C=N–C) groups is 1. The van der Waals surface area contributed by atoms with Crippen LogP contribution in [0.5, 0.6) is 0 Å². The molecule has 0 aliphatic carbocycles. The van der Waals surface area contributed by atoms with Gasteiger partial charge >= 0.3 is 0 Å². The van der Waals surface area contributed by atoms with Crippen LogP contribution < -0.4 is 11.5 Å². The van der Waals surface area contributed by atoms with Crippen molar-refractivity contribution in [1.29, 1.82) is 0 Å². The first kappa shape index (κ1) is 8.01. The van der Waals surface area contributed by atoms with E-state index >= 15 is 0 Å². The van der Waals surface area contributed by atoms with Gasteiger partial charge in [-0.05, 0) is 5.92 Å². The molecule has 0 aliphatic heterocycles. The number of nitrogens with zero attached hydrogens (tertiary/aromatic N) is 1. The molecule has 0 atom stereocenters. The third kappa shape index (κ3) is 7.01. The number of nitrogens with two attached hydrogens (primary N) is 2. The molecule has 0 saturated carbocycles. The first-order valence-corrected chi connectivity index (χ1v) is 2.88. The van der Waals surface area contributed by atoms with Crippen molar-refractivity contribution in [3.05, 3.63) is 12.3 Å². The predicted octanol–water partition coefficient (Wildman–Crippen LogP) is 0.430. The van der Waals surface area contributed by atoms with Crippen molar-refractivity contribution in [2.75, 3.05) is 0 Å². The normalized spacial score (nSPS) is 10.6. The highest BCUT2D eigenvalue weighted by molar-refractivity contribution is 5.76. The van der Waals surface area contributed by atoms with Crippen LogP contribution in [0.3, 0.4) is 0 Å². The van der Waals surface area contributed by atoms with Gasteiger partial charge in [0, 0.05) is 6.20 Å². The summed E-state index contributed by atoms with van der Waals surface area (Å²) in [7, 11) is 0. The smallest absolute Gasteiger partial charge is 0.190 e. The summed E-state index contributed by atoms with van der Waals surface area (Å²) in [5.74, 6) is 0.597. The van der Waals surface area contributed by atoms with Gasteiger partial charge in [0.15, 0.2) is 5.96 Å². The van der Waals surface area contributed by atoms with Crippen LogP contribution in [0, 0.1) is 5.92 Å². The summed E-state index contributed by atoms with van der Waals surface area (Å²) in [6.07, 6.45) is 3.53. The standard InChI is InChI=1S/C6H13N3/c1-5(2)3-4-9-6(7)8/h3-5H,1-2H3,(H4,7,8,9)/b4-3+.